The van der Waals surface area contributed by atoms with E-state index in [1.54, 1.807) is 0 Å². The molecule has 134 valence electrons. The molecule has 0 aliphatic carbocycles. The van der Waals surface area contributed by atoms with E-state index in [1.165, 1.54) is 60.7 Å². The number of carbonyl (C=O) groups excluding carboxylic acids is 2. The third-order valence-electron chi connectivity index (χ3n) is 3.16. The number of carbonyl (C=O) groups is 2. The van der Waals surface area contributed by atoms with Crippen molar-refractivity contribution in [3.63, 3.8) is 0 Å². The van der Waals surface area contributed by atoms with Gasteiger partial charge >= 0.3 is 11.9 Å². The number of esters is 2. The van der Waals surface area contributed by atoms with Crippen molar-refractivity contribution in [3.05, 3.63) is 95.6 Å². The summed E-state index contributed by atoms with van der Waals surface area (Å²) in [4.78, 5) is 23.0. The third-order valence-corrected chi connectivity index (χ3v) is 3.16. The van der Waals surface area contributed by atoms with Crippen molar-refractivity contribution in [2.75, 3.05) is 0 Å². The number of hydrogen-bond donors (Lipinski definition) is 0. The van der Waals surface area contributed by atoms with Crippen molar-refractivity contribution in [2.24, 2.45) is 0 Å². The van der Waals surface area contributed by atoms with Gasteiger partial charge in [-0.15, -0.1) is 0 Å². The van der Waals surface area contributed by atoms with Gasteiger partial charge in [-0.2, -0.15) is 0 Å². The van der Waals surface area contributed by atoms with E-state index >= 15 is 0 Å². The Morgan fingerprint density at radius 1 is 0.692 bits per heavy atom. The van der Waals surface area contributed by atoms with Gasteiger partial charge < -0.3 is 9.47 Å². The Hall–Kier alpha value is -3.28. The molecule has 0 amide bonds. The minimum atomic E-state index is -0.598. The second-order valence-corrected chi connectivity index (χ2v) is 5.19. The highest BCUT2D eigenvalue weighted by atomic mass is 19.1. The first kappa shape index (κ1) is 19.1. The van der Waals surface area contributed by atoms with E-state index in [0.717, 1.165) is 12.2 Å². The molecule has 0 saturated heterocycles. The van der Waals surface area contributed by atoms with E-state index < -0.39 is 11.9 Å². The third kappa shape index (κ3) is 7.09. The van der Waals surface area contributed by atoms with Crippen LogP contribution in [0.25, 0.3) is 0 Å². The van der Waals surface area contributed by atoms with Gasteiger partial charge in [-0.1, -0.05) is 36.4 Å². The van der Waals surface area contributed by atoms with Crippen molar-refractivity contribution in [1.82, 2.24) is 0 Å². The molecule has 0 aliphatic rings. The second-order valence-electron chi connectivity index (χ2n) is 5.19. The van der Waals surface area contributed by atoms with E-state index in [-0.39, 0.29) is 24.8 Å². The van der Waals surface area contributed by atoms with Gasteiger partial charge in [0.2, 0.25) is 0 Å². The number of benzene rings is 2. The lowest BCUT2D eigenvalue weighted by atomic mass is 10.2. The molecule has 26 heavy (non-hydrogen) atoms. The standard InChI is InChI=1S/C20H16F2O4/c21-17-9-5-15(6-10-17)13-25-19(23)3-1-2-4-20(24)26-14-16-7-11-18(22)12-8-16/h1-12H,13-14H2/b3-1-,4-2-. The molecule has 0 radical (unpaired) electrons. The average Bonchev–Trinajstić information content (AvgIpc) is 2.64. The predicted octanol–water partition coefficient (Wildman–Crippen LogP) is 3.86. The van der Waals surface area contributed by atoms with Gasteiger partial charge in [0.15, 0.2) is 0 Å². The summed E-state index contributed by atoms with van der Waals surface area (Å²) in [6.07, 6.45) is 4.97. The molecular weight excluding hydrogens is 342 g/mol. The van der Waals surface area contributed by atoms with E-state index in [0.29, 0.717) is 11.1 Å². The molecule has 0 N–H and O–H groups in total. The largest absolute Gasteiger partial charge is 0.458 e. The first-order valence-corrected chi connectivity index (χ1v) is 7.70. The molecule has 0 atom stereocenters. The van der Waals surface area contributed by atoms with Crippen LogP contribution in [0, 0.1) is 11.6 Å². The smallest absolute Gasteiger partial charge is 0.331 e. The second kappa shape index (κ2) is 9.88. The molecule has 0 fully saturated rings. The maximum atomic E-state index is 12.7. The monoisotopic (exact) mass is 358 g/mol. The van der Waals surface area contributed by atoms with Gasteiger partial charge in [-0.25, -0.2) is 18.4 Å². The SMILES string of the molecule is O=C(/C=C\C=C/C(=O)OCc1ccc(F)cc1)OCc1ccc(F)cc1. The van der Waals surface area contributed by atoms with Gasteiger partial charge in [0.05, 0.1) is 0 Å². The highest BCUT2D eigenvalue weighted by Crippen LogP contribution is 2.05. The highest BCUT2D eigenvalue weighted by Gasteiger charge is 2.00. The molecule has 0 aliphatic heterocycles. The lowest BCUT2D eigenvalue weighted by Crippen LogP contribution is -2.01. The fourth-order valence-corrected chi connectivity index (χ4v) is 1.83. The number of halogens is 2. The van der Waals surface area contributed by atoms with Crippen LogP contribution in [0.2, 0.25) is 0 Å². The molecule has 2 aromatic carbocycles. The van der Waals surface area contributed by atoms with Gasteiger partial charge in [0, 0.05) is 12.2 Å². The Labute approximate surface area is 149 Å². The van der Waals surface area contributed by atoms with Crippen LogP contribution in [0.1, 0.15) is 11.1 Å². The Balaban J connectivity index is 1.68. The lowest BCUT2D eigenvalue weighted by Gasteiger charge is -2.02. The Bertz CT molecular complexity index is 724. The summed E-state index contributed by atoms with van der Waals surface area (Å²) in [6, 6.07) is 11.2. The summed E-state index contributed by atoms with van der Waals surface area (Å²) in [5, 5.41) is 0. The molecule has 4 nitrogen and oxygen atoms in total. The highest BCUT2D eigenvalue weighted by molar-refractivity contribution is 5.84. The van der Waals surface area contributed by atoms with Crippen molar-refractivity contribution in [1.29, 1.82) is 0 Å². The van der Waals surface area contributed by atoms with Crippen LogP contribution in [0.4, 0.5) is 8.78 Å². The molecule has 0 heterocycles. The zero-order valence-corrected chi connectivity index (χ0v) is 13.7. The minimum Gasteiger partial charge on any atom is -0.458 e. The Kier molecular flexibility index (Phi) is 7.24. The molecule has 0 unspecified atom stereocenters. The number of allylic oxidation sites excluding steroid dienone is 2. The molecule has 2 rings (SSSR count). The quantitative estimate of drug-likeness (QED) is 0.428. The molecule has 0 spiro atoms. The number of hydrogen-bond acceptors (Lipinski definition) is 4. The van der Waals surface area contributed by atoms with E-state index in [9.17, 15) is 18.4 Å². The summed E-state index contributed by atoms with van der Waals surface area (Å²) in [7, 11) is 0. The Morgan fingerprint density at radius 2 is 1.04 bits per heavy atom. The van der Waals surface area contributed by atoms with Gasteiger partial charge in [-0.3, -0.25) is 0 Å². The van der Waals surface area contributed by atoms with Crippen LogP contribution in [0.3, 0.4) is 0 Å². The fraction of sp³-hybridized carbons (Fsp3) is 0.100. The molecule has 0 aromatic heterocycles. The van der Waals surface area contributed by atoms with Crippen LogP contribution in [0.5, 0.6) is 0 Å². The van der Waals surface area contributed by atoms with Crippen molar-refractivity contribution in [2.45, 2.75) is 13.2 Å². The predicted molar refractivity (Wildman–Crippen MR) is 90.7 cm³/mol. The molecular formula is C20H16F2O4. The van der Waals surface area contributed by atoms with E-state index in [4.69, 9.17) is 9.47 Å². The van der Waals surface area contributed by atoms with Gasteiger partial charge in [-0.05, 0) is 35.4 Å². The minimum absolute atomic E-state index is 0.0207. The number of rotatable bonds is 7. The molecule has 0 saturated carbocycles. The summed E-state index contributed by atoms with van der Waals surface area (Å²) in [6.45, 7) is 0.0414. The fourth-order valence-electron chi connectivity index (χ4n) is 1.83. The van der Waals surface area contributed by atoms with Gasteiger partial charge in [0.1, 0.15) is 24.8 Å². The van der Waals surface area contributed by atoms with Crippen molar-refractivity contribution >= 4 is 11.9 Å². The van der Waals surface area contributed by atoms with E-state index in [2.05, 4.69) is 0 Å². The first-order chi connectivity index (χ1) is 12.5. The zero-order chi connectivity index (χ0) is 18.8. The van der Waals surface area contributed by atoms with Crippen molar-refractivity contribution in [3.8, 4) is 0 Å². The van der Waals surface area contributed by atoms with E-state index in [1.807, 2.05) is 0 Å². The van der Waals surface area contributed by atoms with Crippen LogP contribution in [0.15, 0.2) is 72.8 Å². The zero-order valence-electron chi connectivity index (χ0n) is 13.7. The van der Waals surface area contributed by atoms with Crippen molar-refractivity contribution < 1.29 is 27.8 Å². The molecule has 6 heteroatoms. The average molecular weight is 358 g/mol. The summed E-state index contributed by atoms with van der Waals surface area (Å²) >= 11 is 0. The summed E-state index contributed by atoms with van der Waals surface area (Å²) in [5.41, 5.74) is 1.32. The van der Waals surface area contributed by atoms with Crippen LogP contribution in [-0.2, 0) is 32.3 Å². The molecule has 2 aromatic rings. The molecule has 0 bridgehead atoms. The lowest BCUT2D eigenvalue weighted by molar-refractivity contribution is -0.140. The van der Waals surface area contributed by atoms with Gasteiger partial charge in [0.25, 0.3) is 0 Å². The summed E-state index contributed by atoms with van der Waals surface area (Å²) in [5.74, 6) is -1.93. The maximum absolute atomic E-state index is 12.7. The Morgan fingerprint density at radius 3 is 1.38 bits per heavy atom. The van der Waals surface area contributed by atoms with Crippen LogP contribution in [-0.4, -0.2) is 11.9 Å². The normalized spacial score (nSPS) is 11.0. The topological polar surface area (TPSA) is 52.6 Å². The first-order valence-electron chi connectivity index (χ1n) is 7.70. The maximum Gasteiger partial charge on any atom is 0.331 e. The van der Waals surface area contributed by atoms with Crippen LogP contribution < -0.4 is 0 Å². The summed E-state index contributed by atoms with van der Waals surface area (Å²) < 4.78 is 35.4. The van der Waals surface area contributed by atoms with Crippen LogP contribution >= 0.6 is 0 Å². The number of ether oxygens (including phenoxy) is 2.